The highest BCUT2D eigenvalue weighted by molar-refractivity contribution is 4.74. The highest BCUT2D eigenvalue weighted by Crippen LogP contribution is 2.01. The molecule has 0 saturated heterocycles. The zero-order valence-corrected chi connectivity index (χ0v) is 6.28. The Bertz CT molecular complexity index is 83.1. The number of aliphatic hydroxyl groups is 2. The second-order valence-corrected chi connectivity index (χ2v) is 2.38. The van der Waals surface area contributed by atoms with Crippen molar-refractivity contribution in [2.45, 2.75) is 38.5 Å². The first kappa shape index (κ1) is 9.84. The number of nitrogens with one attached hydrogen (secondary N) is 1. The summed E-state index contributed by atoms with van der Waals surface area (Å²) in [6.07, 6.45) is -1.15. The van der Waals surface area contributed by atoms with E-state index in [9.17, 15) is 0 Å². The van der Waals surface area contributed by atoms with Crippen molar-refractivity contribution in [2.75, 3.05) is 0 Å². The van der Waals surface area contributed by atoms with Gasteiger partial charge in [0.2, 0.25) is 0 Å². The summed E-state index contributed by atoms with van der Waals surface area (Å²) in [7, 11) is 0. The van der Waals surface area contributed by atoms with Gasteiger partial charge in [-0.3, -0.25) is 0 Å². The van der Waals surface area contributed by atoms with Gasteiger partial charge >= 0.3 is 0 Å². The van der Waals surface area contributed by atoms with Gasteiger partial charge in [0, 0.05) is 0 Å². The van der Waals surface area contributed by atoms with Crippen molar-refractivity contribution >= 4 is 0 Å². The van der Waals surface area contributed by atoms with E-state index in [2.05, 4.69) is 0 Å². The Labute approximate surface area is 60.5 Å². The third-order valence-electron chi connectivity index (χ3n) is 1.51. The number of hydroxylamine groups is 1. The Morgan fingerprint density at radius 3 is 2.00 bits per heavy atom. The molecule has 3 atom stereocenters. The second-order valence-electron chi connectivity index (χ2n) is 2.38. The van der Waals surface area contributed by atoms with E-state index in [1.807, 2.05) is 5.48 Å². The maximum atomic E-state index is 9.11. The van der Waals surface area contributed by atoms with Crippen LogP contribution in [-0.4, -0.2) is 33.7 Å². The normalized spacial score (nSPS) is 20.1. The first-order chi connectivity index (χ1) is 4.63. The third kappa shape index (κ3) is 2.62. The molecular weight excluding hydrogens is 134 g/mol. The molecule has 4 nitrogen and oxygen atoms in total. The Morgan fingerprint density at radius 2 is 1.90 bits per heavy atom. The highest BCUT2D eigenvalue weighted by atomic mass is 16.5. The van der Waals surface area contributed by atoms with Crippen molar-refractivity contribution in [3.05, 3.63) is 0 Å². The topological polar surface area (TPSA) is 72.7 Å². The van der Waals surface area contributed by atoms with Crippen LogP contribution in [0.4, 0.5) is 0 Å². The van der Waals surface area contributed by atoms with Crippen LogP contribution in [0.3, 0.4) is 0 Å². The molecule has 62 valence electrons. The summed E-state index contributed by atoms with van der Waals surface area (Å²) in [6, 6.07) is -0.444. The molecule has 0 aromatic rings. The van der Waals surface area contributed by atoms with Gasteiger partial charge < -0.3 is 15.4 Å². The molecule has 0 aromatic heterocycles. The van der Waals surface area contributed by atoms with Crippen LogP contribution in [0.15, 0.2) is 0 Å². The zero-order valence-electron chi connectivity index (χ0n) is 6.28. The maximum absolute atomic E-state index is 9.11. The van der Waals surface area contributed by atoms with E-state index in [-0.39, 0.29) is 0 Å². The highest BCUT2D eigenvalue weighted by Gasteiger charge is 2.20. The lowest BCUT2D eigenvalue weighted by Crippen LogP contribution is -2.43. The lowest BCUT2D eigenvalue weighted by Gasteiger charge is -2.21. The van der Waals surface area contributed by atoms with E-state index in [1.165, 1.54) is 6.92 Å². The molecular formula is C6H15NO3. The molecule has 0 aliphatic heterocycles. The van der Waals surface area contributed by atoms with Crippen molar-refractivity contribution in [3.8, 4) is 0 Å². The number of hydrogen-bond donors (Lipinski definition) is 4. The minimum atomic E-state index is -0.907. The molecule has 0 aliphatic rings. The molecule has 0 aromatic carbocycles. The standard InChI is InChI=1S/C6H15NO3/c1-3-5(7-10)6(9)4(2)8/h4-10H,3H2,1-2H3. The first-order valence-electron chi connectivity index (χ1n) is 3.39. The Hall–Kier alpha value is -0.160. The van der Waals surface area contributed by atoms with Crippen molar-refractivity contribution in [1.29, 1.82) is 0 Å². The molecule has 3 unspecified atom stereocenters. The number of rotatable bonds is 4. The van der Waals surface area contributed by atoms with Gasteiger partial charge in [0.15, 0.2) is 0 Å². The minimum Gasteiger partial charge on any atom is -0.391 e. The Morgan fingerprint density at radius 1 is 1.40 bits per heavy atom. The minimum absolute atomic E-state index is 0.444. The van der Waals surface area contributed by atoms with E-state index in [4.69, 9.17) is 15.4 Å². The van der Waals surface area contributed by atoms with Crippen LogP contribution in [0.25, 0.3) is 0 Å². The summed E-state index contributed by atoms with van der Waals surface area (Å²) in [5, 5.41) is 26.4. The number of hydrogen-bond acceptors (Lipinski definition) is 4. The summed E-state index contributed by atoms with van der Waals surface area (Å²) < 4.78 is 0. The summed E-state index contributed by atoms with van der Waals surface area (Å²) in [5.74, 6) is 0. The molecule has 0 saturated carbocycles. The monoisotopic (exact) mass is 149 g/mol. The number of aliphatic hydroxyl groups excluding tert-OH is 2. The molecule has 0 rings (SSSR count). The van der Waals surface area contributed by atoms with Crippen LogP contribution < -0.4 is 5.48 Å². The van der Waals surface area contributed by atoms with Gasteiger partial charge in [0.25, 0.3) is 0 Å². The fourth-order valence-corrected chi connectivity index (χ4v) is 0.745. The Kier molecular flexibility index (Phi) is 4.55. The van der Waals surface area contributed by atoms with E-state index >= 15 is 0 Å². The van der Waals surface area contributed by atoms with Crippen LogP contribution in [0.2, 0.25) is 0 Å². The van der Waals surface area contributed by atoms with Crippen LogP contribution in [0, 0.1) is 0 Å². The zero-order chi connectivity index (χ0) is 8.15. The largest absolute Gasteiger partial charge is 0.391 e. The first-order valence-corrected chi connectivity index (χ1v) is 3.39. The van der Waals surface area contributed by atoms with Crippen molar-refractivity contribution in [1.82, 2.24) is 5.48 Å². The van der Waals surface area contributed by atoms with Gasteiger partial charge in [-0.05, 0) is 13.3 Å². The molecule has 4 N–H and O–H groups in total. The van der Waals surface area contributed by atoms with Crippen LogP contribution >= 0.6 is 0 Å². The molecule has 0 bridgehead atoms. The van der Waals surface area contributed by atoms with Crippen LogP contribution in [0.5, 0.6) is 0 Å². The van der Waals surface area contributed by atoms with Gasteiger partial charge in [-0.25, -0.2) is 0 Å². The molecule has 0 fully saturated rings. The maximum Gasteiger partial charge on any atom is 0.0971 e. The Balaban J connectivity index is 3.76. The predicted octanol–water partition coefficient (Wildman–Crippen LogP) is -0.515. The van der Waals surface area contributed by atoms with Crippen LogP contribution in [-0.2, 0) is 0 Å². The lowest BCUT2D eigenvalue weighted by atomic mass is 10.1. The third-order valence-corrected chi connectivity index (χ3v) is 1.51. The summed E-state index contributed by atoms with van der Waals surface area (Å²) in [4.78, 5) is 0. The SMILES string of the molecule is CCC(NO)C(O)C(C)O. The molecule has 4 heteroatoms. The van der Waals surface area contributed by atoms with Crippen molar-refractivity contribution in [3.63, 3.8) is 0 Å². The van der Waals surface area contributed by atoms with Crippen LogP contribution in [0.1, 0.15) is 20.3 Å². The van der Waals surface area contributed by atoms with Gasteiger partial charge in [0.05, 0.1) is 18.2 Å². The smallest absolute Gasteiger partial charge is 0.0971 e. The molecule has 0 heterocycles. The summed E-state index contributed by atoms with van der Waals surface area (Å²) in [5.41, 5.74) is 1.92. The molecule has 10 heavy (non-hydrogen) atoms. The van der Waals surface area contributed by atoms with Crippen molar-refractivity contribution < 1.29 is 15.4 Å². The molecule has 0 amide bonds. The van der Waals surface area contributed by atoms with Gasteiger partial charge in [-0.2, -0.15) is 5.48 Å². The van der Waals surface area contributed by atoms with Crippen molar-refractivity contribution in [2.24, 2.45) is 0 Å². The average Bonchev–Trinajstić information content (AvgIpc) is 1.90. The van der Waals surface area contributed by atoms with Gasteiger partial charge in [0.1, 0.15) is 0 Å². The van der Waals surface area contributed by atoms with E-state index in [0.717, 1.165) is 0 Å². The van der Waals surface area contributed by atoms with E-state index in [0.29, 0.717) is 6.42 Å². The van der Waals surface area contributed by atoms with Gasteiger partial charge in [-0.15, -0.1) is 0 Å². The summed E-state index contributed by atoms with van der Waals surface area (Å²) in [6.45, 7) is 3.28. The van der Waals surface area contributed by atoms with Gasteiger partial charge in [-0.1, -0.05) is 6.92 Å². The average molecular weight is 149 g/mol. The quantitative estimate of drug-likeness (QED) is 0.406. The summed E-state index contributed by atoms with van der Waals surface area (Å²) >= 11 is 0. The fraction of sp³-hybridized carbons (Fsp3) is 1.00. The van der Waals surface area contributed by atoms with E-state index < -0.39 is 18.2 Å². The van der Waals surface area contributed by atoms with E-state index in [1.54, 1.807) is 6.92 Å². The molecule has 0 aliphatic carbocycles. The molecule has 0 radical (unpaired) electrons. The fourth-order valence-electron chi connectivity index (χ4n) is 0.745. The predicted molar refractivity (Wildman–Crippen MR) is 36.7 cm³/mol. The molecule has 0 spiro atoms. The second kappa shape index (κ2) is 4.62. The lowest BCUT2D eigenvalue weighted by molar-refractivity contribution is -0.0296.